The third-order valence-corrected chi connectivity index (χ3v) is 3.97. The fraction of sp³-hybridized carbons (Fsp3) is 0.450. The quantitative estimate of drug-likeness (QED) is 0.568. The molecule has 1 amide bonds. The second-order valence-electron chi connectivity index (χ2n) is 8.01. The second-order valence-corrected chi connectivity index (χ2v) is 8.01. The Kier molecular flexibility index (Phi) is 6.14. The number of nitrogens with zero attached hydrogens (tertiary/aromatic N) is 3. The molecule has 0 bridgehead atoms. The molecule has 166 valence electrons. The van der Waals surface area contributed by atoms with Crippen LogP contribution in [-0.4, -0.2) is 39.7 Å². The normalized spacial score (nSPS) is 12.6. The first-order valence-electron chi connectivity index (χ1n) is 9.52. The van der Waals surface area contributed by atoms with Crippen molar-refractivity contribution in [2.75, 3.05) is 7.11 Å². The van der Waals surface area contributed by atoms with Crippen LogP contribution in [0.2, 0.25) is 0 Å². The Labute approximate surface area is 178 Å². The summed E-state index contributed by atoms with van der Waals surface area (Å²) in [5.74, 6) is -0.131. The minimum atomic E-state index is -0.629. The van der Waals surface area contributed by atoms with Gasteiger partial charge in [0.1, 0.15) is 30.4 Å². The second kappa shape index (κ2) is 8.62. The Hall–Kier alpha value is -3.63. The fourth-order valence-electron chi connectivity index (χ4n) is 2.56. The van der Waals surface area contributed by atoms with E-state index in [0.717, 1.165) is 0 Å². The molecule has 0 aliphatic heterocycles. The van der Waals surface area contributed by atoms with Crippen molar-refractivity contribution in [2.45, 2.75) is 46.3 Å². The molecular weight excluding hydrogens is 408 g/mol. The lowest BCUT2D eigenvalue weighted by atomic mass is 10.0. The number of hydrogen-bond donors (Lipinski definition) is 1. The predicted octanol–water partition coefficient (Wildman–Crippen LogP) is 3.99. The summed E-state index contributed by atoms with van der Waals surface area (Å²) in [6.07, 6.45) is 3.27. The van der Waals surface area contributed by atoms with Crippen molar-refractivity contribution in [1.29, 1.82) is 0 Å². The van der Waals surface area contributed by atoms with Crippen molar-refractivity contribution in [2.24, 2.45) is 5.92 Å². The van der Waals surface area contributed by atoms with Crippen LogP contribution in [0.1, 0.15) is 57.0 Å². The summed E-state index contributed by atoms with van der Waals surface area (Å²) in [6, 6.07) is -0.521. The first-order valence-corrected chi connectivity index (χ1v) is 9.52. The number of aromatic nitrogens is 3. The first kappa shape index (κ1) is 22.1. The van der Waals surface area contributed by atoms with Crippen molar-refractivity contribution in [3.63, 3.8) is 0 Å². The number of methoxy groups -OCH3 is 1. The van der Waals surface area contributed by atoms with Gasteiger partial charge in [-0.05, 0) is 26.7 Å². The van der Waals surface area contributed by atoms with Gasteiger partial charge in [-0.2, -0.15) is 0 Å². The maximum atomic E-state index is 12.2. The molecule has 0 radical (unpaired) electrons. The van der Waals surface area contributed by atoms with E-state index in [1.165, 1.54) is 25.9 Å². The number of ether oxygens (including phenoxy) is 2. The highest BCUT2D eigenvalue weighted by Gasteiger charge is 2.27. The number of alkyl carbamates (subject to hydrolysis) is 1. The van der Waals surface area contributed by atoms with Crippen molar-refractivity contribution < 1.29 is 32.3 Å². The molecule has 3 aromatic heterocycles. The molecule has 3 aromatic rings. The average Bonchev–Trinajstić information content (AvgIpc) is 3.43. The lowest BCUT2D eigenvalue weighted by Crippen LogP contribution is -2.37. The van der Waals surface area contributed by atoms with Crippen LogP contribution < -0.4 is 5.32 Å². The molecule has 1 unspecified atom stereocenters. The number of rotatable bonds is 6. The zero-order valence-corrected chi connectivity index (χ0v) is 18.1. The number of carbonyl (C=O) groups is 2. The number of oxazole rings is 3. The molecular formula is C20H24N4O7. The molecule has 0 saturated carbocycles. The number of amides is 1. The molecule has 11 nitrogen and oxygen atoms in total. The predicted molar refractivity (Wildman–Crippen MR) is 106 cm³/mol. The maximum absolute atomic E-state index is 12.2. The Bertz CT molecular complexity index is 1060. The molecule has 0 fully saturated rings. The van der Waals surface area contributed by atoms with Gasteiger partial charge in [-0.15, -0.1) is 0 Å². The van der Waals surface area contributed by atoms with Gasteiger partial charge in [0, 0.05) is 0 Å². The highest BCUT2D eigenvalue weighted by atomic mass is 16.6. The minimum Gasteiger partial charge on any atom is -0.464 e. The molecule has 11 heteroatoms. The summed E-state index contributed by atoms with van der Waals surface area (Å²) in [6.45, 7) is 9.17. The average molecular weight is 432 g/mol. The maximum Gasteiger partial charge on any atom is 0.408 e. The topological polar surface area (TPSA) is 143 Å². The van der Waals surface area contributed by atoms with E-state index in [1.54, 1.807) is 20.8 Å². The highest BCUT2D eigenvalue weighted by Crippen LogP contribution is 2.27. The van der Waals surface area contributed by atoms with Gasteiger partial charge in [0.2, 0.25) is 17.7 Å². The molecule has 0 aliphatic carbocycles. The largest absolute Gasteiger partial charge is 0.464 e. The number of nitrogens with one attached hydrogen (secondary N) is 1. The Morgan fingerprint density at radius 1 is 0.968 bits per heavy atom. The van der Waals surface area contributed by atoms with Crippen LogP contribution in [0.15, 0.2) is 32.0 Å². The van der Waals surface area contributed by atoms with Gasteiger partial charge in [-0.25, -0.2) is 24.5 Å². The summed E-state index contributed by atoms with van der Waals surface area (Å²) < 4.78 is 26.1. The van der Waals surface area contributed by atoms with E-state index in [2.05, 4.69) is 25.0 Å². The van der Waals surface area contributed by atoms with Gasteiger partial charge in [0.15, 0.2) is 17.1 Å². The van der Waals surface area contributed by atoms with Crippen LogP contribution in [0.4, 0.5) is 4.79 Å². The van der Waals surface area contributed by atoms with Crippen LogP contribution in [-0.2, 0) is 9.47 Å². The van der Waals surface area contributed by atoms with Gasteiger partial charge in [-0.1, -0.05) is 13.8 Å². The van der Waals surface area contributed by atoms with Gasteiger partial charge >= 0.3 is 12.1 Å². The summed E-state index contributed by atoms with van der Waals surface area (Å²) in [5, 5.41) is 2.77. The monoisotopic (exact) mass is 432 g/mol. The van der Waals surface area contributed by atoms with Crippen molar-refractivity contribution in [3.8, 4) is 23.2 Å². The third-order valence-electron chi connectivity index (χ3n) is 3.97. The van der Waals surface area contributed by atoms with E-state index in [0.29, 0.717) is 5.69 Å². The van der Waals surface area contributed by atoms with E-state index in [1.807, 2.05) is 13.8 Å². The van der Waals surface area contributed by atoms with Crippen LogP contribution in [0.25, 0.3) is 23.2 Å². The lowest BCUT2D eigenvalue weighted by molar-refractivity contribution is 0.0478. The van der Waals surface area contributed by atoms with Gasteiger partial charge in [-0.3, -0.25) is 0 Å². The van der Waals surface area contributed by atoms with Gasteiger partial charge < -0.3 is 28.0 Å². The van der Waals surface area contributed by atoms with Crippen LogP contribution in [0, 0.1) is 5.92 Å². The van der Waals surface area contributed by atoms with Crippen LogP contribution in [0.3, 0.4) is 0 Å². The van der Waals surface area contributed by atoms with Crippen molar-refractivity contribution in [3.05, 3.63) is 30.4 Å². The van der Waals surface area contributed by atoms with E-state index in [4.69, 9.17) is 18.0 Å². The molecule has 1 N–H and O–H groups in total. The van der Waals surface area contributed by atoms with Crippen LogP contribution >= 0.6 is 0 Å². The Morgan fingerprint density at radius 3 is 2.23 bits per heavy atom. The van der Waals surface area contributed by atoms with E-state index in [9.17, 15) is 9.59 Å². The summed E-state index contributed by atoms with van der Waals surface area (Å²) in [7, 11) is 1.25. The fourth-order valence-corrected chi connectivity index (χ4v) is 2.56. The minimum absolute atomic E-state index is 0.0127. The van der Waals surface area contributed by atoms with E-state index < -0.39 is 23.7 Å². The molecule has 0 aromatic carbocycles. The summed E-state index contributed by atoms with van der Waals surface area (Å²) in [5.41, 5.74) is -0.0338. The van der Waals surface area contributed by atoms with E-state index in [-0.39, 0.29) is 35.0 Å². The zero-order valence-electron chi connectivity index (χ0n) is 18.1. The first-order chi connectivity index (χ1) is 14.6. The van der Waals surface area contributed by atoms with Crippen molar-refractivity contribution in [1.82, 2.24) is 20.3 Å². The van der Waals surface area contributed by atoms with E-state index >= 15 is 0 Å². The Balaban J connectivity index is 1.77. The summed E-state index contributed by atoms with van der Waals surface area (Å²) >= 11 is 0. The molecule has 0 aliphatic rings. The third kappa shape index (κ3) is 5.30. The smallest absolute Gasteiger partial charge is 0.408 e. The molecule has 0 saturated heterocycles. The SMILES string of the molecule is COC(=O)c1coc(-c2coc(-c3coc(C(NC(=O)OC(C)(C)C)C(C)C)n3)n2)n1. The molecule has 0 spiro atoms. The van der Waals surface area contributed by atoms with Gasteiger partial charge in [0.05, 0.1) is 7.11 Å². The molecule has 31 heavy (non-hydrogen) atoms. The molecule has 3 rings (SSSR count). The highest BCUT2D eigenvalue weighted by molar-refractivity contribution is 5.87. The zero-order chi connectivity index (χ0) is 22.8. The Morgan fingerprint density at radius 2 is 1.58 bits per heavy atom. The standard InChI is InChI=1S/C20H24N4O7/c1-10(2)14(24-19(26)31-20(3,4)5)17-22-12(8-30-17)15-21-11(7-28-15)16-23-13(9-29-16)18(25)27-6/h7-10,14H,1-6H3,(H,24,26). The number of esters is 1. The molecule has 3 heterocycles. The van der Waals surface area contributed by atoms with Gasteiger partial charge in [0.25, 0.3) is 0 Å². The summed E-state index contributed by atoms with van der Waals surface area (Å²) in [4.78, 5) is 36.3. The lowest BCUT2D eigenvalue weighted by Gasteiger charge is -2.24. The molecule has 1 atom stereocenters. The van der Waals surface area contributed by atoms with Crippen LogP contribution in [0.5, 0.6) is 0 Å². The number of carbonyl (C=O) groups excluding carboxylic acids is 2. The number of hydrogen-bond acceptors (Lipinski definition) is 10. The van der Waals surface area contributed by atoms with Crippen molar-refractivity contribution >= 4 is 12.1 Å².